The summed E-state index contributed by atoms with van der Waals surface area (Å²) >= 11 is 13.6. The summed E-state index contributed by atoms with van der Waals surface area (Å²) in [6.45, 7) is 3.92. The molecule has 0 atom stereocenters. The smallest absolute Gasteiger partial charge is 0.338 e. The summed E-state index contributed by atoms with van der Waals surface area (Å²) in [6, 6.07) is 6.80. The van der Waals surface area contributed by atoms with E-state index in [1.165, 1.54) is 12.1 Å². The van der Waals surface area contributed by atoms with Crippen LogP contribution in [0.15, 0.2) is 52.5 Å². The van der Waals surface area contributed by atoms with Crippen molar-refractivity contribution in [1.29, 1.82) is 0 Å². The van der Waals surface area contributed by atoms with Crippen molar-refractivity contribution in [3.8, 4) is 5.69 Å². The molecule has 0 aliphatic carbocycles. The predicted molar refractivity (Wildman–Crippen MR) is 117 cm³/mol. The highest BCUT2D eigenvalue weighted by molar-refractivity contribution is 7.99. The van der Waals surface area contributed by atoms with Crippen LogP contribution in [0, 0.1) is 11.6 Å². The first kappa shape index (κ1) is 21.7. The predicted octanol–water partition coefficient (Wildman–Crippen LogP) is 6.84. The molecule has 0 radical (unpaired) electrons. The number of halogens is 4. The fourth-order valence-electron chi connectivity index (χ4n) is 3.21. The van der Waals surface area contributed by atoms with Crippen LogP contribution in [-0.4, -0.2) is 25.4 Å². The topological polar surface area (TPSA) is 60.0 Å². The summed E-state index contributed by atoms with van der Waals surface area (Å²) in [5, 5.41) is 13.9. The molecular weight excluding hydrogens is 467 g/mol. The number of aromatic carboxylic acids is 1. The summed E-state index contributed by atoms with van der Waals surface area (Å²) in [5.74, 6) is -2.94. The average molecular weight is 482 g/mol. The lowest BCUT2D eigenvalue weighted by atomic mass is 10.2. The van der Waals surface area contributed by atoms with Gasteiger partial charge >= 0.3 is 5.97 Å². The second-order valence-electron chi connectivity index (χ2n) is 7.03. The first-order valence-corrected chi connectivity index (χ1v) is 10.7. The number of carboxylic acids is 1. The molecule has 0 unspecified atom stereocenters. The summed E-state index contributed by atoms with van der Waals surface area (Å²) in [6.07, 6.45) is 3.35. The van der Waals surface area contributed by atoms with Gasteiger partial charge in [0.25, 0.3) is 0 Å². The molecule has 0 spiro atoms. The molecule has 2 heterocycles. The summed E-state index contributed by atoms with van der Waals surface area (Å²) < 4.78 is 33.0. The molecular formula is C21H15Cl2F2N3O2S. The Morgan fingerprint density at radius 1 is 1.23 bits per heavy atom. The highest BCUT2D eigenvalue weighted by atomic mass is 35.5. The van der Waals surface area contributed by atoms with Crippen LogP contribution in [0.2, 0.25) is 10.2 Å². The molecule has 31 heavy (non-hydrogen) atoms. The van der Waals surface area contributed by atoms with Crippen LogP contribution in [0.5, 0.6) is 0 Å². The highest BCUT2D eigenvalue weighted by Gasteiger charge is 2.24. The van der Waals surface area contributed by atoms with Gasteiger partial charge in [-0.1, -0.05) is 41.0 Å². The molecule has 10 heteroatoms. The van der Waals surface area contributed by atoms with Gasteiger partial charge in [0.2, 0.25) is 0 Å². The molecule has 4 aromatic rings. The van der Waals surface area contributed by atoms with Gasteiger partial charge in [0.1, 0.15) is 11.0 Å². The van der Waals surface area contributed by atoms with E-state index in [1.807, 2.05) is 13.8 Å². The first-order valence-electron chi connectivity index (χ1n) is 9.12. The molecule has 1 N–H and O–H groups in total. The van der Waals surface area contributed by atoms with Gasteiger partial charge in [-0.3, -0.25) is 9.25 Å². The Balaban J connectivity index is 1.96. The normalized spacial score (nSPS) is 11.6. The van der Waals surface area contributed by atoms with E-state index in [-0.39, 0.29) is 31.4 Å². The van der Waals surface area contributed by atoms with Crippen molar-refractivity contribution in [1.82, 2.24) is 14.3 Å². The van der Waals surface area contributed by atoms with Gasteiger partial charge in [-0.2, -0.15) is 5.10 Å². The summed E-state index contributed by atoms with van der Waals surface area (Å²) in [7, 11) is 0. The third kappa shape index (κ3) is 3.79. The molecule has 2 aromatic carbocycles. The van der Waals surface area contributed by atoms with Crippen LogP contribution in [0.3, 0.4) is 0 Å². The lowest BCUT2D eigenvalue weighted by Gasteiger charge is -2.07. The Kier molecular flexibility index (Phi) is 5.72. The molecule has 0 saturated heterocycles. The van der Waals surface area contributed by atoms with Gasteiger partial charge in [-0.15, -0.1) is 0 Å². The second kappa shape index (κ2) is 8.18. The largest absolute Gasteiger partial charge is 0.478 e. The maximum Gasteiger partial charge on any atom is 0.338 e. The second-order valence-corrected chi connectivity index (χ2v) is 8.88. The van der Waals surface area contributed by atoms with Crippen molar-refractivity contribution in [3.63, 3.8) is 0 Å². The van der Waals surface area contributed by atoms with Crippen LogP contribution < -0.4 is 0 Å². The third-order valence-electron chi connectivity index (χ3n) is 4.67. The zero-order chi connectivity index (χ0) is 22.4. The van der Waals surface area contributed by atoms with E-state index in [1.54, 1.807) is 27.7 Å². The summed E-state index contributed by atoms with van der Waals surface area (Å²) in [5.41, 5.74) is 0.485. The SMILES string of the molecule is CC(C)n1cc(-n2c(Cl)c(Sc3cccc(C(=O)O)c3F)c3c(F)cc(Cl)cc32)cn1. The van der Waals surface area contributed by atoms with Crippen molar-refractivity contribution in [2.45, 2.75) is 29.7 Å². The lowest BCUT2D eigenvalue weighted by molar-refractivity contribution is 0.0691. The van der Waals surface area contributed by atoms with E-state index >= 15 is 0 Å². The van der Waals surface area contributed by atoms with Crippen molar-refractivity contribution in [3.05, 3.63) is 70.1 Å². The van der Waals surface area contributed by atoms with Gasteiger partial charge in [0, 0.05) is 22.2 Å². The Labute approximate surface area is 190 Å². The van der Waals surface area contributed by atoms with Gasteiger partial charge in [-0.25, -0.2) is 13.6 Å². The lowest BCUT2D eigenvalue weighted by Crippen LogP contribution is -2.01. The van der Waals surface area contributed by atoms with Crippen LogP contribution in [0.4, 0.5) is 8.78 Å². The quantitative estimate of drug-likeness (QED) is 0.338. The zero-order valence-electron chi connectivity index (χ0n) is 16.2. The number of carboxylic acid groups (broad SMARTS) is 1. The fourth-order valence-corrected chi connectivity index (χ4v) is 4.85. The molecule has 0 bridgehead atoms. The van der Waals surface area contributed by atoms with Gasteiger partial charge < -0.3 is 5.11 Å². The number of hydrogen-bond acceptors (Lipinski definition) is 3. The molecule has 5 nitrogen and oxygen atoms in total. The number of aromatic nitrogens is 3. The Morgan fingerprint density at radius 2 is 1.97 bits per heavy atom. The molecule has 0 aliphatic heterocycles. The number of carbonyl (C=O) groups is 1. The van der Waals surface area contributed by atoms with E-state index < -0.39 is 23.2 Å². The minimum Gasteiger partial charge on any atom is -0.478 e. The zero-order valence-corrected chi connectivity index (χ0v) is 18.6. The van der Waals surface area contributed by atoms with Crippen LogP contribution >= 0.6 is 35.0 Å². The Hall–Kier alpha value is -2.55. The average Bonchev–Trinajstić information content (AvgIpc) is 3.26. The van der Waals surface area contributed by atoms with E-state index in [9.17, 15) is 18.7 Å². The highest BCUT2D eigenvalue weighted by Crippen LogP contribution is 2.45. The van der Waals surface area contributed by atoms with Crippen molar-refractivity contribution < 1.29 is 18.7 Å². The minimum atomic E-state index is -1.40. The van der Waals surface area contributed by atoms with Gasteiger partial charge in [0.05, 0.1) is 33.2 Å². The number of nitrogens with zero attached hydrogens (tertiary/aromatic N) is 3. The molecule has 0 amide bonds. The maximum atomic E-state index is 15.0. The molecule has 160 valence electrons. The number of benzene rings is 2. The Bertz CT molecular complexity index is 1330. The monoisotopic (exact) mass is 481 g/mol. The van der Waals surface area contributed by atoms with Crippen LogP contribution in [0.25, 0.3) is 16.6 Å². The van der Waals surface area contributed by atoms with Crippen molar-refractivity contribution in [2.75, 3.05) is 0 Å². The standard InChI is InChI=1S/C21H15Cl2F2N3O2S/c1-10(2)27-9-12(8-26-27)28-15-7-11(22)6-14(24)17(15)19(20(28)23)31-16-5-3-4-13(18(16)25)21(29)30/h3-10H,1-2H3,(H,29,30). The number of fused-ring (bicyclic) bond motifs is 1. The molecule has 2 aromatic heterocycles. The Morgan fingerprint density at radius 3 is 2.61 bits per heavy atom. The van der Waals surface area contributed by atoms with Crippen LogP contribution in [-0.2, 0) is 0 Å². The molecule has 0 aliphatic rings. The molecule has 0 saturated carbocycles. The first-order chi connectivity index (χ1) is 14.7. The van der Waals surface area contributed by atoms with Gasteiger partial charge in [0.15, 0.2) is 5.82 Å². The minimum absolute atomic E-state index is 0.00748. The number of hydrogen-bond donors (Lipinski definition) is 1. The third-order valence-corrected chi connectivity index (χ3v) is 6.49. The van der Waals surface area contributed by atoms with Crippen molar-refractivity contribution >= 4 is 51.8 Å². The molecule has 0 fully saturated rings. The number of rotatable bonds is 5. The van der Waals surface area contributed by atoms with Crippen molar-refractivity contribution in [2.24, 2.45) is 0 Å². The van der Waals surface area contributed by atoms with Crippen LogP contribution in [0.1, 0.15) is 30.2 Å². The maximum absolute atomic E-state index is 15.0. The summed E-state index contributed by atoms with van der Waals surface area (Å²) in [4.78, 5) is 11.5. The van der Waals surface area contributed by atoms with E-state index in [0.29, 0.717) is 11.2 Å². The van der Waals surface area contributed by atoms with E-state index in [0.717, 1.165) is 23.9 Å². The van der Waals surface area contributed by atoms with E-state index in [4.69, 9.17) is 23.2 Å². The van der Waals surface area contributed by atoms with E-state index in [2.05, 4.69) is 5.10 Å². The molecule has 4 rings (SSSR count). The van der Waals surface area contributed by atoms with Gasteiger partial charge in [-0.05, 0) is 38.1 Å². The fraction of sp³-hybridized carbons (Fsp3) is 0.143.